The van der Waals surface area contributed by atoms with Crippen molar-refractivity contribution in [2.24, 2.45) is 0 Å². The molecule has 24 heavy (non-hydrogen) atoms. The Balaban J connectivity index is 1.69. The molecule has 0 saturated carbocycles. The number of nitrogens with one attached hydrogen (secondary N) is 1. The largest absolute Gasteiger partial charge is 0.454 e. The van der Waals surface area contributed by atoms with E-state index < -0.39 is 0 Å². The summed E-state index contributed by atoms with van der Waals surface area (Å²) >= 11 is 6.07. The molecule has 1 atom stereocenters. The number of hydrogen-bond donors (Lipinski definition) is 1. The van der Waals surface area contributed by atoms with E-state index in [1.54, 1.807) is 18.2 Å². The van der Waals surface area contributed by atoms with E-state index in [0.717, 1.165) is 5.56 Å². The van der Waals surface area contributed by atoms with Gasteiger partial charge in [0.15, 0.2) is 11.5 Å². The molecule has 1 N–H and O–H groups in total. The van der Waals surface area contributed by atoms with Gasteiger partial charge in [-0.1, -0.05) is 23.7 Å². The molecule has 1 amide bonds. The molecule has 1 aliphatic heterocycles. The van der Waals surface area contributed by atoms with E-state index in [1.165, 1.54) is 0 Å². The Labute approximate surface area is 146 Å². The lowest BCUT2D eigenvalue weighted by Crippen LogP contribution is -2.34. The molecule has 1 aliphatic rings. The van der Waals surface area contributed by atoms with Crippen LogP contribution >= 0.6 is 11.6 Å². The number of benzene rings is 2. The van der Waals surface area contributed by atoms with Crippen molar-refractivity contribution in [3.63, 3.8) is 0 Å². The highest BCUT2D eigenvalue weighted by Gasteiger charge is 2.19. The third-order valence-electron chi connectivity index (χ3n) is 3.95. The fraction of sp³-hybridized carbons (Fsp3) is 0.278. The van der Waals surface area contributed by atoms with Crippen molar-refractivity contribution in [3.05, 3.63) is 58.6 Å². The SMILES string of the molecule is CN(C)C(CNC(=O)c1ccc2c(c1)OCO2)c1cccc(Cl)c1. The van der Waals surface area contributed by atoms with Crippen LogP contribution in [0.4, 0.5) is 0 Å². The molecule has 1 heterocycles. The van der Waals surface area contributed by atoms with Gasteiger partial charge in [-0.15, -0.1) is 0 Å². The van der Waals surface area contributed by atoms with E-state index in [9.17, 15) is 4.79 Å². The predicted molar refractivity (Wildman–Crippen MR) is 92.8 cm³/mol. The van der Waals surface area contributed by atoms with Gasteiger partial charge in [0.1, 0.15) is 0 Å². The monoisotopic (exact) mass is 346 g/mol. The summed E-state index contributed by atoms with van der Waals surface area (Å²) in [5.74, 6) is 1.11. The number of halogens is 1. The number of ether oxygens (including phenoxy) is 2. The van der Waals surface area contributed by atoms with Crippen molar-refractivity contribution < 1.29 is 14.3 Å². The predicted octanol–water partition coefficient (Wildman–Crippen LogP) is 3.10. The van der Waals surface area contributed by atoms with Crippen molar-refractivity contribution in [1.82, 2.24) is 10.2 Å². The molecule has 2 aromatic rings. The van der Waals surface area contributed by atoms with Crippen molar-refractivity contribution >= 4 is 17.5 Å². The van der Waals surface area contributed by atoms with E-state index in [1.807, 2.05) is 43.3 Å². The quantitative estimate of drug-likeness (QED) is 0.903. The average Bonchev–Trinajstić information content (AvgIpc) is 3.02. The third-order valence-corrected chi connectivity index (χ3v) is 4.18. The second-order valence-electron chi connectivity index (χ2n) is 5.81. The Morgan fingerprint density at radius 2 is 2.00 bits per heavy atom. The van der Waals surface area contributed by atoms with Gasteiger partial charge >= 0.3 is 0 Å². The summed E-state index contributed by atoms with van der Waals surface area (Å²) in [6, 6.07) is 12.9. The summed E-state index contributed by atoms with van der Waals surface area (Å²) in [4.78, 5) is 14.5. The molecule has 0 aromatic heterocycles. The van der Waals surface area contributed by atoms with E-state index in [4.69, 9.17) is 21.1 Å². The highest BCUT2D eigenvalue weighted by molar-refractivity contribution is 6.30. The van der Waals surface area contributed by atoms with Crippen LogP contribution in [0.25, 0.3) is 0 Å². The van der Waals surface area contributed by atoms with Gasteiger partial charge in [-0.2, -0.15) is 0 Å². The summed E-state index contributed by atoms with van der Waals surface area (Å²) in [6.45, 7) is 0.665. The highest BCUT2D eigenvalue weighted by atomic mass is 35.5. The fourth-order valence-corrected chi connectivity index (χ4v) is 2.84. The summed E-state index contributed by atoms with van der Waals surface area (Å²) in [7, 11) is 3.94. The zero-order valence-corrected chi connectivity index (χ0v) is 14.3. The molecule has 3 rings (SSSR count). The first-order chi connectivity index (χ1) is 11.5. The molecule has 0 radical (unpaired) electrons. The van der Waals surface area contributed by atoms with Gasteiger partial charge in [-0.3, -0.25) is 4.79 Å². The van der Waals surface area contributed by atoms with E-state index in [0.29, 0.717) is 28.6 Å². The second kappa shape index (κ2) is 7.11. The Kier molecular flexibility index (Phi) is 4.92. The smallest absolute Gasteiger partial charge is 0.251 e. The average molecular weight is 347 g/mol. The first-order valence-corrected chi connectivity index (χ1v) is 8.02. The molecular formula is C18H19ClN2O3. The molecule has 5 nitrogen and oxygen atoms in total. The van der Waals surface area contributed by atoms with Crippen molar-refractivity contribution in [1.29, 1.82) is 0 Å². The summed E-state index contributed by atoms with van der Waals surface area (Å²) in [5.41, 5.74) is 1.60. The summed E-state index contributed by atoms with van der Waals surface area (Å²) in [5, 5.41) is 3.65. The lowest BCUT2D eigenvalue weighted by Gasteiger charge is -2.25. The molecule has 0 fully saturated rings. The van der Waals surface area contributed by atoms with Crippen LogP contribution in [0.15, 0.2) is 42.5 Å². The molecule has 0 aliphatic carbocycles. The lowest BCUT2D eigenvalue weighted by atomic mass is 10.1. The number of carbonyl (C=O) groups excluding carboxylic acids is 1. The normalized spacial score (nSPS) is 13.8. The number of amides is 1. The molecule has 6 heteroatoms. The van der Waals surface area contributed by atoms with Crippen LogP contribution in [0.5, 0.6) is 11.5 Å². The molecule has 0 saturated heterocycles. The zero-order valence-electron chi connectivity index (χ0n) is 13.6. The van der Waals surface area contributed by atoms with Gasteiger partial charge in [-0.25, -0.2) is 0 Å². The van der Waals surface area contributed by atoms with Gasteiger partial charge in [0.25, 0.3) is 5.91 Å². The molecule has 0 bridgehead atoms. The lowest BCUT2D eigenvalue weighted by molar-refractivity contribution is 0.0941. The van der Waals surface area contributed by atoms with Gasteiger partial charge in [0.05, 0.1) is 6.04 Å². The topological polar surface area (TPSA) is 50.8 Å². The minimum absolute atomic E-state index is 0.0293. The van der Waals surface area contributed by atoms with Gasteiger partial charge in [-0.05, 0) is 50.0 Å². The van der Waals surface area contributed by atoms with Gasteiger partial charge < -0.3 is 19.7 Å². The van der Waals surface area contributed by atoms with Crippen LogP contribution < -0.4 is 14.8 Å². The molecular weight excluding hydrogens is 328 g/mol. The minimum atomic E-state index is -0.151. The van der Waals surface area contributed by atoms with E-state index in [2.05, 4.69) is 5.32 Å². The number of fused-ring (bicyclic) bond motifs is 1. The number of hydrogen-bond acceptors (Lipinski definition) is 4. The minimum Gasteiger partial charge on any atom is -0.454 e. The van der Waals surface area contributed by atoms with E-state index in [-0.39, 0.29) is 18.7 Å². The van der Waals surface area contributed by atoms with Gasteiger partial charge in [0, 0.05) is 17.1 Å². The van der Waals surface area contributed by atoms with Crippen LogP contribution in [-0.4, -0.2) is 38.2 Å². The van der Waals surface area contributed by atoms with Crippen LogP contribution in [0.2, 0.25) is 5.02 Å². The number of carbonyl (C=O) groups is 1. The maximum absolute atomic E-state index is 12.4. The van der Waals surface area contributed by atoms with Crippen molar-refractivity contribution in [3.8, 4) is 11.5 Å². The van der Waals surface area contributed by atoms with Crippen LogP contribution in [0.1, 0.15) is 22.0 Å². The first kappa shape index (κ1) is 16.6. The van der Waals surface area contributed by atoms with Crippen molar-refractivity contribution in [2.45, 2.75) is 6.04 Å². The standard InChI is InChI=1S/C18H19ClN2O3/c1-21(2)15(12-4-3-5-14(19)8-12)10-20-18(22)13-6-7-16-17(9-13)24-11-23-16/h3-9,15H,10-11H2,1-2H3,(H,20,22). The third kappa shape index (κ3) is 3.63. The number of nitrogens with zero attached hydrogens (tertiary/aromatic N) is 1. The maximum atomic E-state index is 12.4. The van der Waals surface area contributed by atoms with Gasteiger partial charge in [0.2, 0.25) is 6.79 Å². The molecule has 1 unspecified atom stereocenters. The van der Waals surface area contributed by atoms with E-state index >= 15 is 0 Å². The Morgan fingerprint density at radius 3 is 2.75 bits per heavy atom. The molecule has 126 valence electrons. The number of rotatable bonds is 5. The van der Waals surface area contributed by atoms with Crippen LogP contribution in [-0.2, 0) is 0 Å². The Hall–Kier alpha value is -2.24. The van der Waals surface area contributed by atoms with Crippen LogP contribution in [0, 0.1) is 0 Å². The summed E-state index contributed by atoms with van der Waals surface area (Å²) in [6.07, 6.45) is 0. The Morgan fingerprint density at radius 1 is 1.21 bits per heavy atom. The Bertz CT molecular complexity index is 749. The zero-order chi connectivity index (χ0) is 17.1. The van der Waals surface area contributed by atoms with Crippen LogP contribution in [0.3, 0.4) is 0 Å². The second-order valence-corrected chi connectivity index (χ2v) is 6.25. The molecule has 2 aromatic carbocycles. The van der Waals surface area contributed by atoms with Crippen molar-refractivity contribution in [2.75, 3.05) is 27.4 Å². The number of likely N-dealkylation sites (N-methyl/N-ethyl adjacent to an activating group) is 1. The first-order valence-electron chi connectivity index (χ1n) is 7.64. The maximum Gasteiger partial charge on any atom is 0.251 e. The highest BCUT2D eigenvalue weighted by Crippen LogP contribution is 2.32. The molecule has 0 spiro atoms. The fourth-order valence-electron chi connectivity index (χ4n) is 2.64. The summed E-state index contributed by atoms with van der Waals surface area (Å²) < 4.78 is 10.6.